The molecule has 0 saturated heterocycles. The van der Waals surface area contributed by atoms with Gasteiger partial charge in [0.15, 0.2) is 0 Å². The van der Waals surface area contributed by atoms with Gasteiger partial charge in [-0.25, -0.2) is 4.39 Å². The Morgan fingerprint density at radius 3 is 1.89 bits per heavy atom. The summed E-state index contributed by atoms with van der Waals surface area (Å²) in [6.45, 7) is 14.2. The Kier molecular flexibility index (Phi) is 4.55. The molecule has 0 fully saturated rings. The first-order valence-electron chi connectivity index (χ1n) is 6.58. The summed E-state index contributed by atoms with van der Waals surface area (Å²) in [7, 11) is 0. The molecule has 0 saturated carbocycles. The fraction of sp³-hybridized carbons (Fsp3) is 0.625. The number of nitrogens with one attached hydrogen (secondary N) is 1. The smallest absolute Gasteiger partial charge is 0.123 e. The summed E-state index contributed by atoms with van der Waals surface area (Å²) in [6, 6.07) is 7.05. The molecule has 1 unspecified atom stereocenters. The van der Waals surface area contributed by atoms with Crippen LogP contribution < -0.4 is 5.32 Å². The van der Waals surface area contributed by atoms with E-state index in [1.165, 1.54) is 12.1 Å². The Labute approximate surface area is 111 Å². The third-order valence-corrected chi connectivity index (χ3v) is 2.91. The fourth-order valence-electron chi connectivity index (χ4n) is 1.99. The molecule has 0 amide bonds. The van der Waals surface area contributed by atoms with Crippen LogP contribution in [0.5, 0.6) is 0 Å². The van der Waals surface area contributed by atoms with Gasteiger partial charge in [-0.15, -0.1) is 0 Å². The molecule has 0 aliphatic heterocycles. The zero-order chi connectivity index (χ0) is 14.0. The van der Waals surface area contributed by atoms with E-state index in [-0.39, 0.29) is 22.7 Å². The average Bonchev–Trinajstić information content (AvgIpc) is 2.17. The minimum Gasteiger partial charge on any atom is -0.309 e. The van der Waals surface area contributed by atoms with Gasteiger partial charge in [-0.1, -0.05) is 53.7 Å². The number of benzene rings is 1. The topological polar surface area (TPSA) is 12.0 Å². The highest BCUT2D eigenvalue weighted by Crippen LogP contribution is 2.33. The molecule has 2 heteroatoms. The average molecular weight is 251 g/mol. The second-order valence-corrected chi connectivity index (χ2v) is 7.29. The maximum atomic E-state index is 13.0. The Hall–Kier alpha value is -0.890. The van der Waals surface area contributed by atoms with Crippen LogP contribution >= 0.6 is 0 Å². The summed E-state index contributed by atoms with van der Waals surface area (Å²) in [5.41, 5.74) is 1.49. The first-order chi connectivity index (χ1) is 8.09. The molecule has 0 aliphatic carbocycles. The lowest BCUT2D eigenvalue weighted by molar-refractivity contribution is 0.241. The first-order valence-corrected chi connectivity index (χ1v) is 6.58. The standard InChI is InChI=1S/C16H26FN/c1-15(2,3)11-18-14(16(4,5)6)12-7-9-13(17)10-8-12/h7-10,14,18H,11H2,1-6H3. The van der Waals surface area contributed by atoms with E-state index in [9.17, 15) is 4.39 Å². The van der Waals surface area contributed by atoms with Crippen molar-refractivity contribution in [3.63, 3.8) is 0 Å². The molecule has 1 nitrogen and oxygen atoms in total. The van der Waals surface area contributed by atoms with E-state index in [0.29, 0.717) is 0 Å². The van der Waals surface area contributed by atoms with Gasteiger partial charge in [-0.05, 0) is 28.5 Å². The Morgan fingerprint density at radius 1 is 1.00 bits per heavy atom. The lowest BCUT2D eigenvalue weighted by atomic mass is 9.81. The highest BCUT2D eigenvalue weighted by molar-refractivity contribution is 5.21. The van der Waals surface area contributed by atoms with Crippen LogP contribution in [0, 0.1) is 16.6 Å². The van der Waals surface area contributed by atoms with Crippen molar-refractivity contribution in [3.8, 4) is 0 Å². The van der Waals surface area contributed by atoms with Gasteiger partial charge in [0.05, 0.1) is 0 Å². The van der Waals surface area contributed by atoms with Crippen LogP contribution in [0.2, 0.25) is 0 Å². The fourth-order valence-corrected chi connectivity index (χ4v) is 1.99. The minimum atomic E-state index is -0.178. The SMILES string of the molecule is CC(C)(C)CNC(c1ccc(F)cc1)C(C)(C)C. The van der Waals surface area contributed by atoms with Crippen LogP contribution in [0.4, 0.5) is 4.39 Å². The maximum Gasteiger partial charge on any atom is 0.123 e. The molecule has 0 radical (unpaired) electrons. The van der Waals surface area contributed by atoms with E-state index in [4.69, 9.17) is 0 Å². The monoisotopic (exact) mass is 251 g/mol. The molecule has 0 bridgehead atoms. The highest BCUT2D eigenvalue weighted by Gasteiger charge is 2.27. The van der Waals surface area contributed by atoms with Gasteiger partial charge in [0.25, 0.3) is 0 Å². The van der Waals surface area contributed by atoms with Crippen molar-refractivity contribution in [1.82, 2.24) is 5.32 Å². The van der Waals surface area contributed by atoms with Gasteiger partial charge < -0.3 is 5.32 Å². The van der Waals surface area contributed by atoms with Gasteiger partial charge in [0.1, 0.15) is 5.82 Å². The second-order valence-electron chi connectivity index (χ2n) is 7.29. The van der Waals surface area contributed by atoms with E-state index >= 15 is 0 Å². The molecule has 1 atom stereocenters. The number of halogens is 1. The quantitative estimate of drug-likeness (QED) is 0.831. The molecular formula is C16H26FN. The third-order valence-electron chi connectivity index (χ3n) is 2.91. The molecule has 18 heavy (non-hydrogen) atoms. The predicted octanol–water partition coefficient (Wildman–Crippen LogP) is 4.55. The van der Waals surface area contributed by atoms with E-state index in [2.05, 4.69) is 46.9 Å². The molecule has 1 N–H and O–H groups in total. The number of rotatable bonds is 3. The molecular weight excluding hydrogens is 225 g/mol. The van der Waals surface area contributed by atoms with Crippen molar-refractivity contribution in [1.29, 1.82) is 0 Å². The van der Waals surface area contributed by atoms with E-state index < -0.39 is 0 Å². The van der Waals surface area contributed by atoms with Crippen LogP contribution in [0.15, 0.2) is 24.3 Å². The Balaban J connectivity index is 2.89. The molecule has 1 aromatic rings. The summed E-state index contributed by atoms with van der Waals surface area (Å²) >= 11 is 0. The van der Waals surface area contributed by atoms with Gasteiger partial charge in [0.2, 0.25) is 0 Å². The molecule has 0 aromatic heterocycles. The Bertz CT molecular complexity index is 368. The molecule has 102 valence electrons. The molecule has 0 aliphatic rings. The number of hydrogen-bond donors (Lipinski definition) is 1. The summed E-state index contributed by atoms with van der Waals surface area (Å²) in [6.07, 6.45) is 0. The molecule has 0 spiro atoms. The van der Waals surface area contributed by atoms with Gasteiger partial charge in [0, 0.05) is 12.6 Å². The maximum absolute atomic E-state index is 13.0. The Morgan fingerprint density at radius 2 is 1.50 bits per heavy atom. The summed E-state index contributed by atoms with van der Waals surface area (Å²) < 4.78 is 13.0. The van der Waals surface area contributed by atoms with E-state index in [1.54, 1.807) is 0 Å². The minimum absolute atomic E-state index is 0.100. The second kappa shape index (κ2) is 5.40. The summed E-state index contributed by atoms with van der Waals surface area (Å²) in [5, 5.41) is 3.61. The lowest BCUT2D eigenvalue weighted by Crippen LogP contribution is -2.37. The summed E-state index contributed by atoms with van der Waals surface area (Å²) in [5.74, 6) is -0.178. The van der Waals surface area contributed by atoms with Crippen LogP contribution in [-0.2, 0) is 0 Å². The van der Waals surface area contributed by atoms with Crippen LogP contribution in [0.1, 0.15) is 53.1 Å². The van der Waals surface area contributed by atoms with Crippen LogP contribution in [0.3, 0.4) is 0 Å². The van der Waals surface area contributed by atoms with Gasteiger partial charge in [-0.3, -0.25) is 0 Å². The molecule has 0 heterocycles. The van der Waals surface area contributed by atoms with Crippen molar-refractivity contribution in [3.05, 3.63) is 35.6 Å². The zero-order valence-electron chi connectivity index (χ0n) is 12.5. The van der Waals surface area contributed by atoms with Gasteiger partial charge in [-0.2, -0.15) is 0 Å². The first kappa shape index (κ1) is 15.2. The normalized spacial score (nSPS) is 14.6. The van der Waals surface area contributed by atoms with Crippen LogP contribution in [0.25, 0.3) is 0 Å². The molecule has 1 aromatic carbocycles. The zero-order valence-corrected chi connectivity index (χ0v) is 12.5. The lowest BCUT2D eigenvalue weighted by Gasteiger charge is -2.34. The summed E-state index contributed by atoms with van der Waals surface area (Å²) in [4.78, 5) is 0. The van der Waals surface area contributed by atoms with Gasteiger partial charge >= 0.3 is 0 Å². The van der Waals surface area contributed by atoms with Crippen molar-refractivity contribution >= 4 is 0 Å². The molecule has 1 rings (SSSR count). The van der Waals surface area contributed by atoms with Crippen molar-refractivity contribution in [2.24, 2.45) is 10.8 Å². The predicted molar refractivity (Wildman–Crippen MR) is 76.1 cm³/mol. The van der Waals surface area contributed by atoms with Crippen LogP contribution in [-0.4, -0.2) is 6.54 Å². The number of hydrogen-bond acceptors (Lipinski definition) is 1. The highest BCUT2D eigenvalue weighted by atomic mass is 19.1. The van der Waals surface area contributed by atoms with E-state index in [0.717, 1.165) is 12.1 Å². The van der Waals surface area contributed by atoms with Crippen molar-refractivity contribution in [2.75, 3.05) is 6.54 Å². The largest absolute Gasteiger partial charge is 0.309 e. The third kappa shape index (κ3) is 4.77. The van der Waals surface area contributed by atoms with Crippen molar-refractivity contribution in [2.45, 2.75) is 47.6 Å². The van der Waals surface area contributed by atoms with Crippen molar-refractivity contribution < 1.29 is 4.39 Å². The van der Waals surface area contributed by atoms with E-state index in [1.807, 2.05) is 12.1 Å².